The van der Waals surface area contributed by atoms with Gasteiger partial charge in [0.1, 0.15) is 5.75 Å². The highest BCUT2D eigenvalue weighted by molar-refractivity contribution is 5.94. The van der Waals surface area contributed by atoms with Crippen LogP contribution in [0.2, 0.25) is 0 Å². The molecule has 0 aliphatic rings. The monoisotopic (exact) mass is 257 g/mol. The van der Waals surface area contributed by atoms with Gasteiger partial charge in [-0.15, -0.1) is 0 Å². The Balaban J connectivity index is 2.31. The molecule has 2 aromatic rings. The summed E-state index contributed by atoms with van der Waals surface area (Å²) in [6, 6.07) is 12.5. The average Bonchev–Trinajstić information content (AvgIpc) is 2.39. The molecule has 0 aromatic heterocycles. The lowest BCUT2D eigenvalue weighted by molar-refractivity contribution is 0.0698. The first kappa shape index (κ1) is 13.0. The van der Waals surface area contributed by atoms with Gasteiger partial charge in [-0.2, -0.15) is 0 Å². The number of nitrogens with two attached hydrogens (primary N) is 1. The standard InChI is InChI=1S/C15H15NO3/c1-2-19-12-6-3-10(4-7-12)11-5-8-13(15(17)18)14(16)9-11/h3-9H,2,16H2,1H3,(H,17,18). The maximum atomic E-state index is 10.9. The highest BCUT2D eigenvalue weighted by atomic mass is 16.5. The van der Waals surface area contributed by atoms with Gasteiger partial charge >= 0.3 is 5.97 Å². The molecule has 3 N–H and O–H groups in total. The molecule has 0 bridgehead atoms. The largest absolute Gasteiger partial charge is 0.494 e. The molecular weight excluding hydrogens is 242 g/mol. The van der Waals surface area contributed by atoms with Crippen LogP contribution in [0.25, 0.3) is 11.1 Å². The van der Waals surface area contributed by atoms with Crippen molar-refractivity contribution in [2.24, 2.45) is 0 Å². The highest BCUT2D eigenvalue weighted by Gasteiger charge is 2.08. The Morgan fingerprint density at radius 2 is 1.79 bits per heavy atom. The van der Waals surface area contributed by atoms with Crippen molar-refractivity contribution in [1.82, 2.24) is 0 Å². The number of carboxylic acid groups (broad SMARTS) is 1. The number of hydrogen-bond acceptors (Lipinski definition) is 3. The molecule has 2 rings (SSSR count). The van der Waals surface area contributed by atoms with E-state index in [0.717, 1.165) is 16.9 Å². The molecule has 98 valence electrons. The lowest BCUT2D eigenvalue weighted by Crippen LogP contribution is -2.02. The van der Waals surface area contributed by atoms with Crippen LogP contribution in [0.15, 0.2) is 42.5 Å². The van der Waals surface area contributed by atoms with Crippen LogP contribution in [0.5, 0.6) is 5.75 Å². The molecule has 0 heterocycles. The molecule has 0 atom stereocenters. The van der Waals surface area contributed by atoms with Gasteiger partial charge in [-0.25, -0.2) is 4.79 Å². The van der Waals surface area contributed by atoms with Gasteiger partial charge in [0.2, 0.25) is 0 Å². The van der Waals surface area contributed by atoms with Crippen LogP contribution < -0.4 is 10.5 Å². The Bertz CT molecular complexity index is 591. The summed E-state index contributed by atoms with van der Waals surface area (Å²) in [5.41, 5.74) is 7.96. The van der Waals surface area contributed by atoms with Crippen molar-refractivity contribution in [1.29, 1.82) is 0 Å². The Morgan fingerprint density at radius 1 is 1.16 bits per heavy atom. The molecule has 19 heavy (non-hydrogen) atoms. The molecule has 0 aliphatic heterocycles. The lowest BCUT2D eigenvalue weighted by Gasteiger charge is -2.07. The minimum absolute atomic E-state index is 0.120. The third-order valence-corrected chi connectivity index (χ3v) is 2.78. The van der Waals surface area contributed by atoms with Gasteiger partial charge < -0.3 is 15.6 Å². The van der Waals surface area contributed by atoms with Crippen LogP contribution in [0.1, 0.15) is 17.3 Å². The summed E-state index contributed by atoms with van der Waals surface area (Å²) >= 11 is 0. The number of benzene rings is 2. The van der Waals surface area contributed by atoms with Crippen LogP contribution in [0.3, 0.4) is 0 Å². The summed E-state index contributed by atoms with van der Waals surface area (Å²) in [6.45, 7) is 2.55. The number of hydrogen-bond donors (Lipinski definition) is 2. The number of ether oxygens (including phenoxy) is 1. The molecular formula is C15H15NO3. The third-order valence-electron chi connectivity index (χ3n) is 2.78. The number of carbonyl (C=O) groups is 1. The predicted octanol–water partition coefficient (Wildman–Crippen LogP) is 3.03. The first-order valence-electron chi connectivity index (χ1n) is 5.98. The van der Waals surface area contributed by atoms with Gasteiger partial charge in [0, 0.05) is 5.69 Å². The van der Waals surface area contributed by atoms with Crippen LogP contribution in [-0.2, 0) is 0 Å². The summed E-state index contributed by atoms with van der Waals surface area (Å²) in [5.74, 6) is -0.211. The SMILES string of the molecule is CCOc1ccc(-c2ccc(C(=O)O)c(N)c2)cc1. The van der Waals surface area contributed by atoms with Crippen LogP contribution >= 0.6 is 0 Å². The number of anilines is 1. The van der Waals surface area contributed by atoms with Crippen molar-refractivity contribution in [2.45, 2.75) is 6.92 Å². The van der Waals surface area contributed by atoms with Crippen molar-refractivity contribution in [3.8, 4) is 16.9 Å². The van der Waals surface area contributed by atoms with Crippen LogP contribution in [0, 0.1) is 0 Å². The van der Waals surface area contributed by atoms with E-state index >= 15 is 0 Å². The van der Waals surface area contributed by atoms with Crippen molar-refractivity contribution >= 4 is 11.7 Å². The van der Waals surface area contributed by atoms with Gasteiger partial charge in [-0.3, -0.25) is 0 Å². The maximum Gasteiger partial charge on any atom is 0.337 e. The molecule has 0 fully saturated rings. The van der Waals surface area contributed by atoms with Gasteiger partial charge in [-0.1, -0.05) is 18.2 Å². The highest BCUT2D eigenvalue weighted by Crippen LogP contribution is 2.26. The fourth-order valence-electron chi connectivity index (χ4n) is 1.85. The molecule has 0 amide bonds. The molecule has 0 unspecified atom stereocenters. The predicted molar refractivity (Wildman–Crippen MR) is 74.4 cm³/mol. The van der Waals surface area contributed by atoms with E-state index in [1.807, 2.05) is 31.2 Å². The van der Waals surface area contributed by atoms with E-state index in [4.69, 9.17) is 15.6 Å². The molecule has 0 aliphatic carbocycles. The van der Waals surface area contributed by atoms with E-state index in [-0.39, 0.29) is 11.3 Å². The van der Waals surface area contributed by atoms with Gasteiger partial charge in [0.15, 0.2) is 0 Å². The molecule has 0 radical (unpaired) electrons. The van der Waals surface area contributed by atoms with E-state index in [0.29, 0.717) is 6.61 Å². The number of carboxylic acids is 1. The molecule has 0 saturated carbocycles. The number of aromatic carboxylic acids is 1. The average molecular weight is 257 g/mol. The minimum Gasteiger partial charge on any atom is -0.494 e. The number of nitrogen functional groups attached to an aromatic ring is 1. The Hall–Kier alpha value is -2.49. The normalized spacial score (nSPS) is 10.2. The zero-order valence-electron chi connectivity index (χ0n) is 10.6. The second kappa shape index (κ2) is 5.44. The van der Waals surface area contributed by atoms with Crippen molar-refractivity contribution in [2.75, 3.05) is 12.3 Å². The molecule has 0 saturated heterocycles. The van der Waals surface area contributed by atoms with Crippen molar-refractivity contribution in [3.63, 3.8) is 0 Å². The summed E-state index contributed by atoms with van der Waals surface area (Å²) < 4.78 is 5.37. The zero-order chi connectivity index (χ0) is 13.8. The van der Waals surface area contributed by atoms with Gasteiger partial charge in [0.25, 0.3) is 0 Å². The van der Waals surface area contributed by atoms with Crippen LogP contribution in [-0.4, -0.2) is 17.7 Å². The Labute approximate surface area is 111 Å². The first-order chi connectivity index (χ1) is 9.11. The van der Waals surface area contributed by atoms with Crippen molar-refractivity contribution < 1.29 is 14.6 Å². The van der Waals surface area contributed by atoms with Gasteiger partial charge in [-0.05, 0) is 42.3 Å². The molecule has 4 heteroatoms. The third kappa shape index (κ3) is 2.85. The smallest absolute Gasteiger partial charge is 0.337 e. The Morgan fingerprint density at radius 3 is 2.32 bits per heavy atom. The zero-order valence-corrected chi connectivity index (χ0v) is 10.6. The van der Waals surface area contributed by atoms with Crippen LogP contribution in [0.4, 0.5) is 5.69 Å². The number of rotatable bonds is 4. The van der Waals surface area contributed by atoms with Gasteiger partial charge in [0.05, 0.1) is 12.2 Å². The lowest BCUT2D eigenvalue weighted by atomic mass is 10.0. The summed E-state index contributed by atoms with van der Waals surface area (Å²) in [4.78, 5) is 10.9. The van der Waals surface area contributed by atoms with E-state index in [1.165, 1.54) is 6.07 Å². The summed E-state index contributed by atoms with van der Waals surface area (Å²) in [7, 11) is 0. The van der Waals surface area contributed by atoms with E-state index in [1.54, 1.807) is 12.1 Å². The first-order valence-corrected chi connectivity index (χ1v) is 5.98. The van der Waals surface area contributed by atoms with E-state index in [2.05, 4.69) is 0 Å². The Kier molecular flexibility index (Phi) is 3.71. The topological polar surface area (TPSA) is 72.5 Å². The van der Waals surface area contributed by atoms with E-state index in [9.17, 15) is 4.79 Å². The fraction of sp³-hybridized carbons (Fsp3) is 0.133. The molecule has 0 spiro atoms. The summed E-state index contributed by atoms with van der Waals surface area (Å²) in [5, 5.41) is 8.93. The molecule has 2 aromatic carbocycles. The fourth-order valence-corrected chi connectivity index (χ4v) is 1.85. The second-order valence-corrected chi connectivity index (χ2v) is 4.06. The summed E-state index contributed by atoms with van der Waals surface area (Å²) in [6.07, 6.45) is 0. The van der Waals surface area contributed by atoms with Crippen molar-refractivity contribution in [3.05, 3.63) is 48.0 Å². The van der Waals surface area contributed by atoms with E-state index < -0.39 is 5.97 Å². The minimum atomic E-state index is -1.02. The maximum absolute atomic E-state index is 10.9. The second-order valence-electron chi connectivity index (χ2n) is 4.06. The quantitative estimate of drug-likeness (QED) is 0.826. The molecule has 4 nitrogen and oxygen atoms in total.